The van der Waals surface area contributed by atoms with Gasteiger partial charge in [0, 0.05) is 82.9 Å². The lowest BCUT2D eigenvalue weighted by atomic mass is 9.85. The summed E-state index contributed by atoms with van der Waals surface area (Å²) in [5.74, 6) is -1.69. The predicted molar refractivity (Wildman–Crippen MR) is 411 cm³/mol. The number of aliphatic hydroxyl groups is 1. The number of ether oxygens (including phenoxy) is 11. The minimum Gasteiger partial charge on any atom is -0.508 e. The summed E-state index contributed by atoms with van der Waals surface area (Å²) < 4.78 is 80.5. The van der Waals surface area contributed by atoms with E-state index in [4.69, 9.17) is 68.7 Å². The number of fused-ring (bicyclic) bond motifs is 2. The Kier molecular flexibility index (Phi) is 34.6. The Morgan fingerprint density at radius 2 is 1.31 bits per heavy atom. The molecule has 0 spiro atoms. The maximum absolute atomic E-state index is 17.1. The molecule has 0 unspecified atom stereocenters. The number of phenolic OH excluding ortho intramolecular Hbond substituents is 1. The van der Waals surface area contributed by atoms with Crippen molar-refractivity contribution in [3.05, 3.63) is 107 Å². The summed E-state index contributed by atoms with van der Waals surface area (Å²) in [5.41, 5.74) is 4.58. The Hall–Kier alpha value is -7.13. The van der Waals surface area contributed by atoms with E-state index in [1.54, 1.807) is 28.4 Å². The van der Waals surface area contributed by atoms with Gasteiger partial charge in [-0.3, -0.25) is 24.1 Å². The number of aliphatic hydroxyl groups excluding tert-OH is 1. The summed E-state index contributed by atoms with van der Waals surface area (Å²) in [6.07, 6.45) is 4.79. The van der Waals surface area contributed by atoms with Gasteiger partial charge in [0.25, 0.3) is 0 Å². The Morgan fingerprint density at radius 1 is 0.722 bits per heavy atom. The van der Waals surface area contributed by atoms with Gasteiger partial charge in [0.15, 0.2) is 5.82 Å². The SMILES string of the molecule is C=CC(=O)N1CCN(c2nc(O[C@H](C)CN3CCC(OCCOCCOCCOCCOCCOCCCCCOCCOCCOCCOCC(=O)N[C@H](C(=O)N4C[C@H](O)C[C@H]4C(=O)N[C@@H](C)c4ccc(-c5scnc5C)cc4)C(C)(C)C)CC3)nc3c(F)c(-c4cc(O)cc5ccccc45)c(Cl)cc23)CC1. The third kappa shape index (κ3) is 26.0. The van der Waals surface area contributed by atoms with Crippen molar-refractivity contribution in [2.24, 2.45) is 5.41 Å². The van der Waals surface area contributed by atoms with E-state index in [2.05, 4.69) is 32.1 Å². The van der Waals surface area contributed by atoms with Gasteiger partial charge in [-0.2, -0.15) is 9.97 Å². The standard InChI is InChI=1S/C79H109ClFN9O17S/c1-8-69(94)88-24-26-89(27-25-88)75-65-49-66(80)70(64-47-60(91)46-59-14-10-11-15-63(59)64)71(81)72(65)85-78(86-75)107-54(2)50-87-22-20-62(21-23-87)106-45-44-104-41-40-102-37-36-101-35-34-99-32-30-97-28-12-9-13-29-98-31-33-100-38-39-103-42-43-105-52-68(93)84-74(79(5,6)7)77(96)90-51-61(92)48-67(90)76(95)83-55(3)57-16-18-58(19-17-57)73-56(4)82-53-108-73/h8,10-11,14-19,46-47,49,53-55,61-62,67,74,91-92H,1,9,12-13,20-45,48,50-52H2,2-7H3,(H,83,95)(H,84,93)/t54-,55+,61-,67+,74-/m1/s1. The quantitative estimate of drug-likeness (QED) is 0.0205. The van der Waals surface area contributed by atoms with E-state index in [0.717, 1.165) is 77.7 Å². The van der Waals surface area contributed by atoms with Gasteiger partial charge in [0.2, 0.25) is 23.6 Å². The molecule has 29 heteroatoms. The number of piperazine rings is 1. The minimum absolute atomic E-state index is 0.0215. The largest absolute Gasteiger partial charge is 0.508 e. The van der Waals surface area contributed by atoms with Gasteiger partial charge in [-0.05, 0) is 110 Å². The predicted octanol–water partition coefficient (Wildman–Crippen LogP) is 9.15. The van der Waals surface area contributed by atoms with E-state index in [-0.39, 0.29) is 90.7 Å². The van der Waals surface area contributed by atoms with Crippen molar-refractivity contribution in [1.29, 1.82) is 0 Å². The number of aromatic hydroxyl groups is 1. The number of unbranched alkanes of at least 4 members (excludes halogenated alkanes) is 2. The molecule has 0 bridgehead atoms. The Labute approximate surface area is 642 Å². The first kappa shape index (κ1) is 84.9. The molecule has 5 heterocycles. The number of likely N-dealkylation sites (tertiary alicyclic amines) is 2. The molecule has 592 valence electrons. The second kappa shape index (κ2) is 44.1. The first-order chi connectivity index (χ1) is 52.3. The number of carbonyl (C=O) groups excluding carboxylic acids is 4. The highest BCUT2D eigenvalue weighted by atomic mass is 35.5. The maximum Gasteiger partial charge on any atom is 0.319 e. The van der Waals surface area contributed by atoms with Gasteiger partial charge in [0.05, 0.1) is 145 Å². The summed E-state index contributed by atoms with van der Waals surface area (Å²) in [6, 6.07) is 17.9. The third-order valence-electron chi connectivity index (χ3n) is 18.9. The molecule has 6 aromatic rings. The molecule has 108 heavy (non-hydrogen) atoms. The van der Waals surface area contributed by atoms with Crippen LogP contribution < -0.4 is 20.3 Å². The second-order valence-corrected chi connectivity index (χ2v) is 29.5. The number of thiazole rings is 1. The van der Waals surface area contributed by atoms with Crippen molar-refractivity contribution in [2.45, 2.75) is 117 Å². The molecule has 2 aromatic heterocycles. The number of β-amino-alcohol motifs (C(OH)–C–C–N with tert-alkyl or cyclic N) is 1. The average Bonchev–Trinajstić information content (AvgIpc) is 0.829. The van der Waals surface area contributed by atoms with Crippen molar-refractivity contribution in [2.75, 3.05) is 183 Å². The number of amides is 4. The first-order valence-electron chi connectivity index (χ1n) is 37.6. The van der Waals surface area contributed by atoms with E-state index in [0.29, 0.717) is 155 Å². The molecule has 26 nitrogen and oxygen atoms in total. The van der Waals surface area contributed by atoms with Crippen LogP contribution in [-0.4, -0.2) is 272 Å². The number of halogens is 2. The van der Waals surface area contributed by atoms with Crippen LogP contribution in [0.1, 0.15) is 90.4 Å². The fourth-order valence-corrected chi connectivity index (χ4v) is 14.3. The second-order valence-electron chi connectivity index (χ2n) is 28.2. The highest BCUT2D eigenvalue weighted by Gasteiger charge is 2.45. The highest BCUT2D eigenvalue weighted by molar-refractivity contribution is 7.13. The van der Waals surface area contributed by atoms with Crippen molar-refractivity contribution in [3.8, 4) is 33.3 Å². The molecule has 4 aromatic carbocycles. The highest BCUT2D eigenvalue weighted by Crippen LogP contribution is 2.43. The third-order valence-corrected chi connectivity index (χ3v) is 20.2. The summed E-state index contributed by atoms with van der Waals surface area (Å²) in [6.45, 7) is 26.6. The lowest BCUT2D eigenvalue weighted by Crippen LogP contribution is -2.58. The van der Waals surface area contributed by atoms with Crippen LogP contribution in [0.25, 0.3) is 43.2 Å². The van der Waals surface area contributed by atoms with Crippen molar-refractivity contribution >= 4 is 74.1 Å². The van der Waals surface area contributed by atoms with Crippen LogP contribution in [0.15, 0.2) is 84.9 Å². The molecule has 3 fully saturated rings. The minimum atomic E-state index is -0.975. The number of nitrogens with zero attached hydrogens (tertiary/aromatic N) is 7. The Morgan fingerprint density at radius 3 is 1.89 bits per heavy atom. The maximum atomic E-state index is 17.1. The number of hydrogen-bond donors (Lipinski definition) is 4. The lowest BCUT2D eigenvalue weighted by molar-refractivity contribution is -0.144. The van der Waals surface area contributed by atoms with Gasteiger partial charge in [-0.25, -0.2) is 9.37 Å². The summed E-state index contributed by atoms with van der Waals surface area (Å²) in [4.78, 5) is 75.5. The van der Waals surface area contributed by atoms with Crippen LogP contribution in [-0.2, 0) is 66.5 Å². The fourth-order valence-electron chi connectivity index (χ4n) is 13.2. The smallest absolute Gasteiger partial charge is 0.319 e. The van der Waals surface area contributed by atoms with Crippen LogP contribution in [0, 0.1) is 18.2 Å². The number of carbonyl (C=O) groups is 4. The zero-order chi connectivity index (χ0) is 76.8. The number of anilines is 1. The zero-order valence-electron chi connectivity index (χ0n) is 63.3. The van der Waals surface area contributed by atoms with E-state index in [1.807, 2.05) is 100 Å². The molecule has 0 aliphatic carbocycles. The van der Waals surface area contributed by atoms with Crippen LogP contribution in [0.5, 0.6) is 11.8 Å². The number of piperidine rings is 1. The summed E-state index contributed by atoms with van der Waals surface area (Å²) in [5, 5.41) is 29.1. The number of phenols is 1. The molecular formula is C79H109ClFN9O17S. The van der Waals surface area contributed by atoms with E-state index >= 15 is 4.39 Å². The monoisotopic (exact) mass is 1540 g/mol. The van der Waals surface area contributed by atoms with Crippen LogP contribution in [0.3, 0.4) is 0 Å². The molecule has 3 aliphatic heterocycles. The zero-order valence-corrected chi connectivity index (χ0v) is 64.9. The number of rotatable bonds is 46. The van der Waals surface area contributed by atoms with Gasteiger partial charge in [0.1, 0.15) is 41.9 Å². The van der Waals surface area contributed by atoms with Crippen LogP contribution >= 0.6 is 22.9 Å². The Bertz CT molecular complexity index is 3800. The van der Waals surface area contributed by atoms with Crippen LogP contribution in [0.4, 0.5) is 10.2 Å². The van der Waals surface area contributed by atoms with E-state index in [1.165, 1.54) is 17.0 Å². The molecule has 9 rings (SSSR count). The van der Waals surface area contributed by atoms with Crippen molar-refractivity contribution in [3.63, 3.8) is 0 Å². The van der Waals surface area contributed by atoms with E-state index in [9.17, 15) is 29.4 Å². The molecule has 0 radical (unpaired) electrons. The molecule has 0 saturated carbocycles. The molecule has 3 aliphatic rings. The summed E-state index contributed by atoms with van der Waals surface area (Å²) >= 11 is 8.51. The average molecular weight is 1540 g/mol. The topological polar surface area (TPSA) is 286 Å². The summed E-state index contributed by atoms with van der Waals surface area (Å²) in [7, 11) is 0. The molecule has 5 atom stereocenters. The molecular weight excluding hydrogens is 1430 g/mol. The Balaban J connectivity index is 0.516. The van der Waals surface area contributed by atoms with Crippen molar-refractivity contribution < 1.29 is 85.9 Å². The molecule has 4 amide bonds. The molecule has 4 N–H and O–H groups in total. The normalized spacial score (nSPS) is 16.8. The fraction of sp³-hybridized carbons (Fsp3) is 0.582. The number of hydrogen-bond acceptors (Lipinski definition) is 23. The first-order valence-corrected chi connectivity index (χ1v) is 38.9. The number of benzene rings is 4. The van der Waals surface area contributed by atoms with Gasteiger partial charge in [-0.1, -0.05) is 87.5 Å². The van der Waals surface area contributed by atoms with Gasteiger partial charge >= 0.3 is 6.01 Å². The van der Waals surface area contributed by atoms with Crippen molar-refractivity contribution in [1.82, 2.24) is 40.3 Å². The van der Waals surface area contributed by atoms with Gasteiger partial charge < -0.3 is 87.7 Å². The number of nitrogens with one attached hydrogen (secondary N) is 2. The lowest BCUT2D eigenvalue weighted by Gasteiger charge is -2.35. The van der Waals surface area contributed by atoms with Crippen LogP contribution in [0.2, 0.25) is 5.02 Å². The molecule has 3 saturated heterocycles. The number of aromatic nitrogens is 3. The number of aryl methyl sites for hydroxylation is 1. The van der Waals surface area contributed by atoms with E-state index < -0.39 is 41.2 Å². The van der Waals surface area contributed by atoms with Gasteiger partial charge in [-0.15, -0.1) is 11.3 Å².